The van der Waals surface area contributed by atoms with Gasteiger partial charge in [-0.05, 0) is 99.0 Å². The number of likely N-dealkylation sites (N-methyl/N-ethyl adjacent to an activating group) is 1. The van der Waals surface area contributed by atoms with E-state index in [1.54, 1.807) is 11.0 Å². The molecule has 49 heavy (non-hydrogen) atoms. The monoisotopic (exact) mass is 667 g/mol. The van der Waals surface area contributed by atoms with Crippen LogP contribution < -0.4 is 0 Å². The molecule has 1 aromatic carbocycles. The summed E-state index contributed by atoms with van der Waals surface area (Å²) in [6.07, 6.45) is 15.1. The number of fused-ring (bicyclic) bond motifs is 6. The van der Waals surface area contributed by atoms with Gasteiger partial charge in [0.1, 0.15) is 29.5 Å². The molecule has 6 aliphatic rings. The molecule has 4 aliphatic carbocycles. The summed E-state index contributed by atoms with van der Waals surface area (Å²) in [6, 6.07) is 11.2. The van der Waals surface area contributed by atoms with Gasteiger partial charge < -0.3 is 24.5 Å². The molecule has 2 saturated heterocycles. The van der Waals surface area contributed by atoms with Gasteiger partial charge in [-0.25, -0.2) is 4.98 Å². The van der Waals surface area contributed by atoms with Crippen LogP contribution in [-0.2, 0) is 4.79 Å². The van der Waals surface area contributed by atoms with Crippen LogP contribution in [0.15, 0.2) is 36.4 Å². The molecule has 1 aromatic heterocycles. The minimum Gasteiger partial charge on any atom is -0.387 e. The van der Waals surface area contributed by atoms with Crippen LogP contribution in [0.3, 0.4) is 0 Å². The van der Waals surface area contributed by atoms with Gasteiger partial charge in [-0.1, -0.05) is 44.0 Å². The number of pyridine rings is 1. The summed E-state index contributed by atoms with van der Waals surface area (Å²) in [5.41, 5.74) is 0.144. The van der Waals surface area contributed by atoms with E-state index in [9.17, 15) is 19.8 Å². The molecule has 8 rings (SSSR count). The van der Waals surface area contributed by atoms with Crippen LogP contribution in [0.2, 0.25) is 0 Å². The maximum Gasteiger partial charge on any atom is 0.273 e. The number of para-hydroxylation sites is 1. The predicted octanol–water partition coefficient (Wildman–Crippen LogP) is 4.87. The highest BCUT2D eigenvalue weighted by molar-refractivity contribution is 5.98. The molecule has 4 saturated carbocycles. The second-order valence-corrected chi connectivity index (χ2v) is 17.5. The Morgan fingerprint density at radius 1 is 0.980 bits per heavy atom. The molecule has 262 valence electrons. The number of piperazine rings is 1. The van der Waals surface area contributed by atoms with E-state index < -0.39 is 11.6 Å². The summed E-state index contributed by atoms with van der Waals surface area (Å²) in [4.78, 5) is 36.0. The first-order valence-corrected chi connectivity index (χ1v) is 19.1. The van der Waals surface area contributed by atoms with Gasteiger partial charge in [-0.3, -0.25) is 9.59 Å². The number of terminal acetylenes is 1. The Labute approximate surface area is 291 Å². The fourth-order valence-corrected chi connectivity index (χ4v) is 12.4. The lowest BCUT2D eigenvalue weighted by molar-refractivity contribution is -0.942. The third-order valence-electron chi connectivity index (χ3n) is 15.6. The number of likely N-dealkylation sites (tertiary alicyclic amines) is 1. The lowest BCUT2D eigenvalue weighted by Crippen LogP contribution is -2.69. The molecule has 0 bridgehead atoms. The van der Waals surface area contributed by atoms with Crippen molar-refractivity contribution in [3.63, 3.8) is 0 Å². The summed E-state index contributed by atoms with van der Waals surface area (Å²) >= 11 is 0. The Kier molecular flexibility index (Phi) is 7.98. The van der Waals surface area contributed by atoms with E-state index >= 15 is 0 Å². The first kappa shape index (κ1) is 33.2. The van der Waals surface area contributed by atoms with E-state index in [1.165, 1.54) is 6.42 Å². The first-order valence-electron chi connectivity index (χ1n) is 19.1. The predicted molar refractivity (Wildman–Crippen MR) is 189 cm³/mol. The number of rotatable bonds is 3. The molecule has 8 nitrogen and oxygen atoms in total. The summed E-state index contributed by atoms with van der Waals surface area (Å²) in [7, 11) is 2.30. The fourth-order valence-electron chi connectivity index (χ4n) is 12.4. The number of aliphatic hydroxyl groups is 2. The molecular weight excluding hydrogens is 612 g/mol. The van der Waals surface area contributed by atoms with E-state index in [0.29, 0.717) is 61.8 Å². The third-order valence-corrected chi connectivity index (χ3v) is 15.6. The van der Waals surface area contributed by atoms with E-state index in [0.717, 1.165) is 73.4 Å². The highest BCUT2D eigenvalue weighted by Crippen LogP contribution is 2.68. The van der Waals surface area contributed by atoms with Crippen LogP contribution in [-0.4, -0.2) is 105 Å². The standard InChI is InChI=1S/C41H55N4O4/c1-5-41(49)19-17-31-29-14-13-28-25-36(46)35(26-39(28,2)30(29)16-18-40(31,41)3)45(4)23-21-43(22-24-45)38(48)34-11-8-20-44(34)37(47)33-15-12-27-9-6-7-10-32(27)42-33/h1,6-7,9-10,12,15,28-31,34-36,46,49H,8,11,13-14,16-26H2,2-4H3/q+1/t28-,29+,30-,31-,34-,35-,36-,39-,40-,41-/m0/s1. The van der Waals surface area contributed by atoms with Gasteiger partial charge >= 0.3 is 0 Å². The van der Waals surface area contributed by atoms with Crippen molar-refractivity contribution in [2.24, 2.45) is 34.5 Å². The number of amides is 2. The van der Waals surface area contributed by atoms with Crippen molar-refractivity contribution in [3.8, 4) is 12.3 Å². The highest BCUT2D eigenvalue weighted by atomic mass is 16.3. The highest BCUT2D eigenvalue weighted by Gasteiger charge is 2.66. The summed E-state index contributed by atoms with van der Waals surface area (Å²) < 4.78 is 0.789. The number of benzene rings is 1. The van der Waals surface area contributed by atoms with Gasteiger partial charge in [0.15, 0.2) is 0 Å². The van der Waals surface area contributed by atoms with Crippen molar-refractivity contribution >= 4 is 22.7 Å². The van der Waals surface area contributed by atoms with Crippen molar-refractivity contribution < 1.29 is 24.3 Å². The smallest absolute Gasteiger partial charge is 0.273 e. The van der Waals surface area contributed by atoms with Crippen molar-refractivity contribution in [1.82, 2.24) is 14.8 Å². The Balaban J connectivity index is 0.947. The quantitative estimate of drug-likeness (QED) is 0.360. The van der Waals surface area contributed by atoms with Gasteiger partial charge in [0.25, 0.3) is 5.91 Å². The van der Waals surface area contributed by atoms with Gasteiger partial charge in [0.05, 0.1) is 38.7 Å². The van der Waals surface area contributed by atoms with E-state index in [2.05, 4.69) is 31.8 Å². The molecule has 2 amide bonds. The van der Waals surface area contributed by atoms with Crippen LogP contribution in [0.4, 0.5) is 0 Å². The molecule has 2 aliphatic heterocycles. The average molecular weight is 668 g/mol. The van der Waals surface area contributed by atoms with E-state index in [-0.39, 0.29) is 34.8 Å². The largest absolute Gasteiger partial charge is 0.387 e. The number of carbonyl (C=O) groups excluding carboxylic acids is 2. The Bertz CT molecular complexity index is 1680. The zero-order chi connectivity index (χ0) is 34.3. The molecule has 0 spiro atoms. The second-order valence-electron chi connectivity index (χ2n) is 17.5. The second kappa shape index (κ2) is 11.8. The third kappa shape index (κ3) is 5.00. The SMILES string of the molecule is C#C[C@]1(O)CC[C@H]2[C@@H]3CC[C@H]4C[C@H](O)[C@@H]([N+]5(C)CCN(C(=O)[C@@H]6CCCN6C(=O)c6ccc7ccccc7n6)CC5)C[C@]4(C)[C@H]3CC[C@@]21C. The molecule has 0 unspecified atom stereocenters. The molecule has 2 N–H and O–H groups in total. The zero-order valence-electron chi connectivity index (χ0n) is 29.7. The van der Waals surface area contributed by atoms with E-state index in [1.807, 2.05) is 35.2 Å². The summed E-state index contributed by atoms with van der Waals surface area (Å²) in [6.45, 7) is 8.27. The minimum absolute atomic E-state index is 0.0537. The summed E-state index contributed by atoms with van der Waals surface area (Å²) in [5, 5.41) is 24.2. The van der Waals surface area contributed by atoms with Crippen molar-refractivity contribution in [2.45, 2.75) is 102 Å². The Morgan fingerprint density at radius 3 is 2.51 bits per heavy atom. The van der Waals surface area contributed by atoms with Crippen LogP contribution in [0.1, 0.15) is 88.5 Å². The van der Waals surface area contributed by atoms with Crippen LogP contribution >= 0.6 is 0 Å². The number of aromatic nitrogens is 1. The number of hydrogen-bond donors (Lipinski definition) is 2. The number of carbonyl (C=O) groups is 2. The van der Waals surface area contributed by atoms with Crippen LogP contribution in [0.25, 0.3) is 10.9 Å². The van der Waals surface area contributed by atoms with E-state index in [4.69, 9.17) is 6.42 Å². The van der Waals surface area contributed by atoms with Gasteiger partial charge in [-0.2, -0.15) is 0 Å². The first-order chi connectivity index (χ1) is 23.4. The molecule has 6 fully saturated rings. The average Bonchev–Trinajstić information content (AvgIpc) is 3.70. The zero-order valence-corrected chi connectivity index (χ0v) is 29.7. The van der Waals surface area contributed by atoms with Crippen molar-refractivity contribution in [2.75, 3.05) is 39.8 Å². The molecule has 8 heteroatoms. The fraction of sp³-hybridized carbons (Fsp3) is 0.683. The maximum absolute atomic E-state index is 14.0. The molecule has 3 heterocycles. The number of quaternary nitrogens is 1. The summed E-state index contributed by atoms with van der Waals surface area (Å²) in [5.74, 6) is 4.88. The molecule has 10 atom stereocenters. The molecule has 2 aromatic rings. The lowest BCUT2D eigenvalue weighted by Gasteiger charge is -2.63. The normalized spacial score (nSPS) is 41.4. The van der Waals surface area contributed by atoms with Gasteiger partial charge in [0.2, 0.25) is 5.91 Å². The van der Waals surface area contributed by atoms with Crippen LogP contribution in [0.5, 0.6) is 0 Å². The van der Waals surface area contributed by atoms with Crippen LogP contribution in [0, 0.1) is 46.8 Å². The number of hydrogen-bond acceptors (Lipinski definition) is 5. The topological polar surface area (TPSA) is 94.0 Å². The number of nitrogens with zero attached hydrogens (tertiary/aromatic N) is 4. The Morgan fingerprint density at radius 2 is 1.73 bits per heavy atom. The van der Waals surface area contributed by atoms with Crippen molar-refractivity contribution in [3.05, 3.63) is 42.1 Å². The van der Waals surface area contributed by atoms with Gasteiger partial charge in [0, 0.05) is 23.8 Å². The van der Waals surface area contributed by atoms with Gasteiger partial charge in [-0.15, -0.1) is 6.42 Å². The maximum atomic E-state index is 14.0. The Hall–Kier alpha value is -2.99. The molecular formula is C41H55N4O4+. The molecule has 0 radical (unpaired) electrons. The number of aliphatic hydroxyl groups excluding tert-OH is 1. The lowest BCUT2D eigenvalue weighted by atomic mass is 9.44. The van der Waals surface area contributed by atoms with Crippen molar-refractivity contribution in [1.29, 1.82) is 0 Å². The minimum atomic E-state index is -0.988.